The molecule has 0 unspecified atom stereocenters. The van der Waals surface area contributed by atoms with E-state index in [2.05, 4.69) is 61.5 Å². The fourth-order valence-corrected chi connectivity index (χ4v) is 4.78. The smallest absolute Gasteiger partial charge is 0.326 e. The predicted octanol–water partition coefficient (Wildman–Crippen LogP) is 2.76. The molecule has 0 saturated carbocycles. The molecule has 9 nitrogen and oxygen atoms in total. The van der Waals surface area contributed by atoms with Crippen molar-refractivity contribution in [2.24, 2.45) is 5.73 Å². The summed E-state index contributed by atoms with van der Waals surface area (Å²) >= 11 is 0. The van der Waals surface area contributed by atoms with Gasteiger partial charge in [0.2, 0.25) is 0 Å². The van der Waals surface area contributed by atoms with Crippen molar-refractivity contribution in [1.82, 2.24) is 15.6 Å². The van der Waals surface area contributed by atoms with Gasteiger partial charge in [0.15, 0.2) is 5.96 Å². The molecule has 36 heavy (non-hydrogen) atoms. The molecule has 1 atom stereocenters. The fraction of sp³-hybridized carbons (Fsp3) is 0.481. The summed E-state index contributed by atoms with van der Waals surface area (Å²) in [7, 11) is 0. The number of nitrogens with one attached hydrogen (secondary N) is 4. The summed E-state index contributed by atoms with van der Waals surface area (Å²) in [6.45, 7) is 9.40. The molecule has 0 aliphatic heterocycles. The highest BCUT2D eigenvalue weighted by Gasteiger charge is 2.36. The third-order valence-electron chi connectivity index (χ3n) is 7.11. The fourth-order valence-electron chi connectivity index (χ4n) is 4.78. The Bertz CT molecular complexity index is 1210. The van der Waals surface area contributed by atoms with Gasteiger partial charge in [0, 0.05) is 18.7 Å². The van der Waals surface area contributed by atoms with Crippen molar-refractivity contribution >= 4 is 17.8 Å². The van der Waals surface area contributed by atoms with E-state index in [1.807, 2.05) is 0 Å². The van der Waals surface area contributed by atoms with Crippen LogP contribution in [0, 0.1) is 5.41 Å². The first-order chi connectivity index (χ1) is 16.8. The highest BCUT2D eigenvalue weighted by atomic mass is 16.4. The lowest BCUT2D eigenvalue weighted by atomic mass is 9.63. The average molecular weight is 496 g/mol. The summed E-state index contributed by atoms with van der Waals surface area (Å²) in [6.07, 6.45) is 3.27. The molecule has 0 bridgehead atoms. The number of rotatable bonds is 9. The first kappa shape index (κ1) is 27.0. The number of guanidine groups is 1. The number of hydrogen-bond donors (Lipinski definition) is 6. The van der Waals surface area contributed by atoms with E-state index in [-0.39, 0.29) is 28.8 Å². The van der Waals surface area contributed by atoms with Gasteiger partial charge in [-0.2, -0.15) is 0 Å². The van der Waals surface area contributed by atoms with Crippen molar-refractivity contribution in [1.29, 1.82) is 5.41 Å². The number of aromatic amines is 1. The molecule has 0 radical (unpaired) electrons. The number of H-pyrrole nitrogens is 1. The lowest BCUT2D eigenvalue weighted by molar-refractivity contribution is -0.139. The number of nitrogens with two attached hydrogens (primary N) is 1. The highest BCUT2D eigenvalue weighted by molar-refractivity contribution is 5.96. The second-order valence-corrected chi connectivity index (χ2v) is 10.9. The molecule has 1 aliphatic rings. The first-order valence-corrected chi connectivity index (χ1v) is 12.3. The number of hydrogen-bond acceptors (Lipinski definition) is 4. The number of carboxylic acid groups (broad SMARTS) is 1. The zero-order chi connectivity index (χ0) is 26.7. The van der Waals surface area contributed by atoms with Crippen LogP contribution in [0.15, 0.2) is 35.1 Å². The van der Waals surface area contributed by atoms with Crippen LogP contribution in [0.25, 0.3) is 0 Å². The number of aliphatic carboxylic acids is 1. The van der Waals surface area contributed by atoms with Crippen LogP contribution in [0.4, 0.5) is 0 Å². The first-order valence-electron chi connectivity index (χ1n) is 12.3. The average Bonchev–Trinajstić information content (AvgIpc) is 2.78. The molecule has 3 rings (SSSR count). The van der Waals surface area contributed by atoms with Crippen molar-refractivity contribution in [2.45, 2.75) is 76.7 Å². The molecular weight excluding hydrogens is 458 g/mol. The summed E-state index contributed by atoms with van der Waals surface area (Å²) in [6, 6.07) is 8.49. The van der Waals surface area contributed by atoms with E-state index in [0.29, 0.717) is 25.1 Å². The third-order valence-corrected chi connectivity index (χ3v) is 7.11. The minimum Gasteiger partial charge on any atom is -0.480 e. The van der Waals surface area contributed by atoms with Crippen LogP contribution >= 0.6 is 0 Å². The molecule has 0 fully saturated rings. The number of amides is 1. The maximum Gasteiger partial charge on any atom is 0.326 e. The summed E-state index contributed by atoms with van der Waals surface area (Å²) in [5, 5.41) is 21.5. The Labute approximate surface area is 211 Å². The maximum absolute atomic E-state index is 12.7. The molecule has 7 N–H and O–H groups in total. The highest BCUT2D eigenvalue weighted by Crippen LogP contribution is 2.45. The quantitative estimate of drug-likeness (QED) is 0.178. The van der Waals surface area contributed by atoms with Gasteiger partial charge in [-0.3, -0.25) is 15.0 Å². The Kier molecular flexibility index (Phi) is 7.91. The lowest BCUT2D eigenvalue weighted by Crippen LogP contribution is -2.43. The number of benzene rings is 1. The van der Waals surface area contributed by atoms with Crippen molar-refractivity contribution < 1.29 is 14.7 Å². The van der Waals surface area contributed by atoms with Crippen LogP contribution in [0.5, 0.6) is 0 Å². The number of aromatic nitrogens is 1. The summed E-state index contributed by atoms with van der Waals surface area (Å²) in [4.78, 5) is 39.6. The predicted molar refractivity (Wildman–Crippen MR) is 140 cm³/mol. The summed E-state index contributed by atoms with van der Waals surface area (Å²) in [5.41, 5.74) is 9.18. The van der Waals surface area contributed by atoms with Crippen LogP contribution < -0.4 is 21.9 Å². The number of carboxylic acids is 1. The number of carbonyl (C=O) groups excluding carboxylic acids is 1. The SMILES string of the molecule is CC1(C)CCC(C)(C)c2cc(Cc3ccc(C(=O)N[C@@H](CCCNC(=N)N)C(=O)O)c(=O)[nH]3)ccc21. The molecule has 1 heterocycles. The molecule has 2 aromatic rings. The van der Waals surface area contributed by atoms with Gasteiger partial charge in [-0.05, 0) is 65.3 Å². The van der Waals surface area contributed by atoms with Gasteiger partial charge in [0.1, 0.15) is 11.6 Å². The van der Waals surface area contributed by atoms with Crippen molar-refractivity contribution in [3.8, 4) is 0 Å². The van der Waals surface area contributed by atoms with E-state index in [1.165, 1.54) is 17.2 Å². The Hall–Kier alpha value is -3.62. The van der Waals surface area contributed by atoms with Crippen molar-refractivity contribution in [2.75, 3.05) is 6.54 Å². The zero-order valence-corrected chi connectivity index (χ0v) is 21.5. The van der Waals surface area contributed by atoms with Crippen LogP contribution in [0.1, 0.15) is 86.1 Å². The van der Waals surface area contributed by atoms with E-state index in [4.69, 9.17) is 11.1 Å². The topological polar surface area (TPSA) is 161 Å². The maximum atomic E-state index is 12.7. The van der Waals surface area contributed by atoms with E-state index in [9.17, 15) is 19.5 Å². The van der Waals surface area contributed by atoms with Gasteiger partial charge in [0.05, 0.1) is 0 Å². The molecule has 9 heteroatoms. The van der Waals surface area contributed by atoms with Crippen LogP contribution in [0.3, 0.4) is 0 Å². The summed E-state index contributed by atoms with van der Waals surface area (Å²) in [5.74, 6) is -2.15. The van der Waals surface area contributed by atoms with Gasteiger partial charge in [-0.25, -0.2) is 4.79 Å². The van der Waals surface area contributed by atoms with Gasteiger partial charge < -0.3 is 26.5 Å². The zero-order valence-electron chi connectivity index (χ0n) is 21.5. The van der Waals surface area contributed by atoms with Crippen molar-refractivity contribution in [3.05, 3.63) is 68.6 Å². The minimum atomic E-state index is -1.20. The normalized spacial score (nSPS) is 16.4. The molecule has 1 aromatic heterocycles. The standard InChI is InChI=1S/C27H37N5O4/c1-26(2)11-12-27(3,4)20-15-16(7-10-19(20)26)14-17-8-9-18(22(33)31-17)23(34)32-21(24(35)36)6-5-13-30-25(28)29/h7-10,15,21H,5-6,11-14H2,1-4H3,(H,31,33)(H,32,34)(H,35,36)(H4,28,29,30)/t21-/m0/s1. The Morgan fingerprint density at radius 3 is 2.39 bits per heavy atom. The van der Waals surface area contributed by atoms with Crippen LogP contribution in [-0.4, -0.2) is 40.5 Å². The molecule has 1 aromatic carbocycles. The van der Waals surface area contributed by atoms with E-state index < -0.39 is 23.5 Å². The van der Waals surface area contributed by atoms with Gasteiger partial charge in [-0.15, -0.1) is 0 Å². The number of pyridine rings is 1. The monoisotopic (exact) mass is 495 g/mol. The second-order valence-electron chi connectivity index (χ2n) is 10.9. The van der Waals surface area contributed by atoms with E-state index in [0.717, 1.165) is 18.4 Å². The van der Waals surface area contributed by atoms with E-state index in [1.54, 1.807) is 6.07 Å². The van der Waals surface area contributed by atoms with E-state index >= 15 is 0 Å². The molecule has 0 spiro atoms. The van der Waals surface area contributed by atoms with Gasteiger partial charge in [0.25, 0.3) is 11.5 Å². The largest absolute Gasteiger partial charge is 0.480 e. The lowest BCUT2D eigenvalue weighted by Gasteiger charge is -2.42. The Morgan fingerprint density at radius 1 is 1.11 bits per heavy atom. The van der Waals surface area contributed by atoms with Gasteiger partial charge in [-0.1, -0.05) is 45.9 Å². The Balaban J connectivity index is 1.72. The number of fused-ring (bicyclic) bond motifs is 1. The Morgan fingerprint density at radius 2 is 1.78 bits per heavy atom. The third kappa shape index (κ3) is 6.33. The molecule has 1 aliphatic carbocycles. The van der Waals surface area contributed by atoms with Crippen LogP contribution in [-0.2, 0) is 22.0 Å². The van der Waals surface area contributed by atoms with Crippen LogP contribution in [0.2, 0.25) is 0 Å². The minimum absolute atomic E-state index is 0.0824. The second kappa shape index (κ2) is 10.6. The van der Waals surface area contributed by atoms with Crippen molar-refractivity contribution in [3.63, 3.8) is 0 Å². The number of carbonyl (C=O) groups is 2. The summed E-state index contributed by atoms with van der Waals surface area (Å²) < 4.78 is 0. The molecular formula is C27H37N5O4. The molecule has 194 valence electrons. The molecule has 1 amide bonds. The molecule has 0 saturated heterocycles. The van der Waals surface area contributed by atoms with Gasteiger partial charge >= 0.3 is 5.97 Å².